The maximum absolute atomic E-state index is 13.8. The Kier molecular flexibility index (Phi) is 11.7. The topological polar surface area (TPSA) is 55.6 Å². The Balaban J connectivity index is 0.000000345. The Bertz CT molecular complexity index is 540. The third-order valence-electron chi connectivity index (χ3n) is 4.91. The molecule has 1 saturated heterocycles. The molecule has 0 aromatic heterocycles. The molecule has 1 aliphatic heterocycles. The summed E-state index contributed by atoms with van der Waals surface area (Å²) in [5.74, 6) is 0.159. The third-order valence-corrected chi connectivity index (χ3v) is 4.91. The number of hydrogen-bond donors (Lipinski definition) is 0. The number of anilines is 1. The Morgan fingerprint density at radius 3 is 2.41 bits per heavy atom. The molecule has 27 heavy (non-hydrogen) atoms. The number of benzene rings is 1. The molecule has 1 heterocycles. The zero-order chi connectivity index (χ0) is 20.1. The van der Waals surface area contributed by atoms with E-state index in [1.807, 2.05) is 0 Å². The van der Waals surface area contributed by atoms with E-state index in [-0.39, 0.29) is 11.4 Å². The molecule has 0 bridgehead atoms. The zero-order valence-corrected chi connectivity index (χ0v) is 17.1. The first-order chi connectivity index (χ1) is 13.0. The Morgan fingerprint density at radius 2 is 1.85 bits per heavy atom. The third kappa shape index (κ3) is 8.24. The maximum Gasteiger partial charge on any atom is 0.295 e. The van der Waals surface area contributed by atoms with Gasteiger partial charge in [-0.2, -0.15) is 0 Å². The van der Waals surface area contributed by atoms with Crippen molar-refractivity contribution in [1.82, 2.24) is 0 Å². The van der Waals surface area contributed by atoms with Crippen LogP contribution in [0, 0.1) is 21.8 Å². The summed E-state index contributed by atoms with van der Waals surface area (Å²) in [5.41, 5.74) is 0.0157. The summed E-state index contributed by atoms with van der Waals surface area (Å²) >= 11 is 0. The van der Waals surface area contributed by atoms with Gasteiger partial charge in [-0.1, -0.05) is 46.1 Å². The minimum atomic E-state index is -0.510. The van der Waals surface area contributed by atoms with Crippen molar-refractivity contribution in [3.63, 3.8) is 0 Å². The van der Waals surface area contributed by atoms with Crippen molar-refractivity contribution in [3.05, 3.63) is 34.1 Å². The normalized spacial score (nSPS) is 14.6. The second-order valence-electron chi connectivity index (χ2n) is 7.02. The van der Waals surface area contributed by atoms with Crippen LogP contribution in [0.2, 0.25) is 0 Å². The summed E-state index contributed by atoms with van der Waals surface area (Å²) < 4.78 is 19.1. The van der Waals surface area contributed by atoms with E-state index < -0.39 is 10.7 Å². The van der Waals surface area contributed by atoms with Crippen molar-refractivity contribution in [2.75, 3.05) is 31.2 Å². The van der Waals surface area contributed by atoms with Crippen LogP contribution in [0.1, 0.15) is 65.7 Å². The number of piperidine rings is 1. The highest BCUT2D eigenvalue weighted by molar-refractivity contribution is 5.64. The van der Waals surface area contributed by atoms with Crippen LogP contribution in [-0.4, -0.2) is 31.2 Å². The Morgan fingerprint density at radius 1 is 1.15 bits per heavy atom. The molecule has 0 N–H and O–H groups in total. The van der Waals surface area contributed by atoms with Gasteiger partial charge in [0.15, 0.2) is 11.5 Å². The summed E-state index contributed by atoms with van der Waals surface area (Å²) in [7, 11) is 0. The van der Waals surface area contributed by atoms with Gasteiger partial charge in [0.2, 0.25) is 0 Å². The van der Waals surface area contributed by atoms with Gasteiger partial charge in [0.1, 0.15) is 0 Å². The first-order valence-corrected chi connectivity index (χ1v) is 10.3. The molecule has 1 aromatic carbocycles. The second kappa shape index (κ2) is 13.5. The molecule has 154 valence electrons. The molecule has 2 rings (SSSR count). The highest BCUT2D eigenvalue weighted by atomic mass is 19.1. The Hall–Kier alpha value is -1.69. The highest BCUT2D eigenvalue weighted by Gasteiger charge is 2.26. The average Bonchev–Trinajstić information content (AvgIpc) is 2.68. The van der Waals surface area contributed by atoms with Crippen LogP contribution in [0.4, 0.5) is 15.8 Å². The fraction of sp³-hybridized carbons (Fsp3) is 0.714. The molecule has 1 fully saturated rings. The summed E-state index contributed by atoms with van der Waals surface area (Å²) in [6.07, 6.45) is 8.04. The lowest BCUT2D eigenvalue weighted by atomic mass is 9.94. The van der Waals surface area contributed by atoms with Gasteiger partial charge in [0.25, 0.3) is 5.69 Å². The summed E-state index contributed by atoms with van der Waals surface area (Å²) in [4.78, 5) is 12.2. The molecule has 0 unspecified atom stereocenters. The first kappa shape index (κ1) is 23.3. The van der Waals surface area contributed by atoms with Crippen molar-refractivity contribution in [3.8, 4) is 0 Å². The predicted molar refractivity (Wildman–Crippen MR) is 109 cm³/mol. The lowest BCUT2D eigenvalue weighted by Crippen LogP contribution is -2.34. The number of nitro groups is 1. The molecule has 0 spiro atoms. The fourth-order valence-electron chi connectivity index (χ4n) is 3.23. The number of unbranched alkanes of at least 4 members (excludes halogenated alkanes) is 2. The van der Waals surface area contributed by atoms with Gasteiger partial charge < -0.3 is 9.64 Å². The Labute approximate surface area is 163 Å². The number of nitrogens with zero attached hydrogens (tertiary/aromatic N) is 2. The van der Waals surface area contributed by atoms with Crippen molar-refractivity contribution < 1.29 is 14.1 Å². The van der Waals surface area contributed by atoms with Crippen LogP contribution >= 0.6 is 0 Å². The molecule has 5 nitrogen and oxygen atoms in total. The largest absolute Gasteiger partial charge is 0.381 e. The number of ether oxygens (including phenoxy) is 1. The van der Waals surface area contributed by atoms with Crippen LogP contribution in [0.5, 0.6) is 0 Å². The molecule has 0 aliphatic carbocycles. The van der Waals surface area contributed by atoms with Gasteiger partial charge in [-0.05, 0) is 37.7 Å². The summed E-state index contributed by atoms with van der Waals surface area (Å²) in [6.45, 7) is 9.78. The summed E-state index contributed by atoms with van der Waals surface area (Å²) in [6, 6.07) is 4.04. The van der Waals surface area contributed by atoms with Crippen LogP contribution in [-0.2, 0) is 4.74 Å². The first-order valence-electron chi connectivity index (χ1n) is 10.3. The maximum atomic E-state index is 13.8. The fourth-order valence-corrected chi connectivity index (χ4v) is 3.23. The molecule has 0 radical (unpaired) electrons. The van der Waals surface area contributed by atoms with Crippen molar-refractivity contribution in [1.29, 1.82) is 0 Å². The van der Waals surface area contributed by atoms with Crippen molar-refractivity contribution in [2.45, 2.75) is 65.7 Å². The molecule has 0 amide bonds. The molecular formula is C21H35FN2O3. The van der Waals surface area contributed by atoms with Crippen LogP contribution in [0.25, 0.3) is 0 Å². The van der Waals surface area contributed by atoms with E-state index in [2.05, 4.69) is 20.8 Å². The van der Waals surface area contributed by atoms with Crippen LogP contribution < -0.4 is 4.90 Å². The van der Waals surface area contributed by atoms with Gasteiger partial charge >= 0.3 is 0 Å². The molecule has 0 atom stereocenters. The SMILES string of the molecule is CCC1CCN(c2c(F)cccc2[N+](=O)[O-])CC1.CCCCCOCCC. The predicted octanol–water partition coefficient (Wildman–Crippen LogP) is 5.96. The van der Waals surface area contributed by atoms with Gasteiger partial charge in [-0.25, -0.2) is 4.39 Å². The van der Waals surface area contributed by atoms with E-state index >= 15 is 0 Å². The molecule has 1 aromatic rings. The second-order valence-corrected chi connectivity index (χ2v) is 7.02. The molecule has 0 saturated carbocycles. The molecule has 1 aliphatic rings. The zero-order valence-electron chi connectivity index (χ0n) is 17.1. The van der Waals surface area contributed by atoms with Crippen LogP contribution in [0.3, 0.4) is 0 Å². The number of halogens is 1. The van der Waals surface area contributed by atoms with Crippen LogP contribution in [0.15, 0.2) is 18.2 Å². The number of para-hydroxylation sites is 1. The van der Waals surface area contributed by atoms with E-state index in [1.165, 1.54) is 37.5 Å². The van der Waals surface area contributed by atoms with Crippen molar-refractivity contribution in [2.24, 2.45) is 5.92 Å². The monoisotopic (exact) mass is 382 g/mol. The average molecular weight is 383 g/mol. The molecular weight excluding hydrogens is 347 g/mol. The lowest BCUT2D eigenvalue weighted by molar-refractivity contribution is -0.384. The highest BCUT2D eigenvalue weighted by Crippen LogP contribution is 2.34. The minimum absolute atomic E-state index is 0.134. The number of rotatable bonds is 9. The molecule has 6 heteroatoms. The number of nitro benzene ring substituents is 1. The van der Waals surface area contributed by atoms with Gasteiger partial charge in [0, 0.05) is 32.4 Å². The smallest absolute Gasteiger partial charge is 0.295 e. The van der Waals surface area contributed by atoms with E-state index in [4.69, 9.17) is 4.74 Å². The van der Waals surface area contributed by atoms with E-state index in [0.29, 0.717) is 19.0 Å². The van der Waals surface area contributed by atoms with E-state index in [9.17, 15) is 14.5 Å². The number of hydrogen-bond acceptors (Lipinski definition) is 4. The van der Waals surface area contributed by atoms with Crippen molar-refractivity contribution >= 4 is 11.4 Å². The van der Waals surface area contributed by atoms with Gasteiger partial charge in [-0.15, -0.1) is 0 Å². The standard InChI is InChI=1S/C13H17FN2O2.C8H18O/c1-2-10-6-8-15(9-7-10)13-11(14)4-3-5-12(13)16(17)18;1-3-5-6-8-9-7-4-2/h3-5,10H,2,6-9H2,1H3;3-8H2,1-2H3. The van der Waals surface area contributed by atoms with E-state index in [1.54, 1.807) is 4.90 Å². The van der Waals surface area contributed by atoms with Gasteiger partial charge in [-0.3, -0.25) is 10.1 Å². The quantitative estimate of drug-likeness (QED) is 0.300. The van der Waals surface area contributed by atoms with E-state index in [0.717, 1.165) is 38.9 Å². The minimum Gasteiger partial charge on any atom is -0.381 e. The van der Waals surface area contributed by atoms with Gasteiger partial charge in [0.05, 0.1) is 4.92 Å². The lowest BCUT2D eigenvalue weighted by Gasteiger charge is -2.32. The summed E-state index contributed by atoms with van der Waals surface area (Å²) in [5, 5.41) is 10.9.